The summed E-state index contributed by atoms with van der Waals surface area (Å²) in [5.74, 6) is 7.36. The topological polar surface area (TPSA) is 45.6 Å². The Morgan fingerprint density at radius 3 is 2.35 bits per heavy atom. The summed E-state index contributed by atoms with van der Waals surface area (Å²) in [6.07, 6.45) is 2.94. The van der Waals surface area contributed by atoms with Crippen LogP contribution in [0.5, 0.6) is 5.88 Å². The Labute approximate surface area is 219 Å². The van der Waals surface area contributed by atoms with Gasteiger partial charge < -0.3 is 14.7 Å². The first kappa shape index (κ1) is 25.0. The van der Waals surface area contributed by atoms with Crippen LogP contribution in [0, 0.1) is 17.8 Å². The quantitative estimate of drug-likeness (QED) is 0.309. The highest BCUT2D eigenvalue weighted by molar-refractivity contribution is 5.82. The summed E-state index contributed by atoms with van der Waals surface area (Å²) in [4.78, 5) is 7.01. The average Bonchev–Trinajstić information content (AvgIpc) is 3.76. The van der Waals surface area contributed by atoms with Gasteiger partial charge in [-0.2, -0.15) is 0 Å². The van der Waals surface area contributed by atoms with Crippen LogP contribution in [0.3, 0.4) is 0 Å². The number of aliphatic hydroxyl groups is 1. The van der Waals surface area contributed by atoms with Crippen LogP contribution >= 0.6 is 0 Å². The fraction of sp³-hybridized carbons (Fsp3) is 0.303. The molecule has 4 heteroatoms. The first-order valence-corrected chi connectivity index (χ1v) is 13.0. The van der Waals surface area contributed by atoms with Crippen LogP contribution in [-0.2, 0) is 5.60 Å². The summed E-state index contributed by atoms with van der Waals surface area (Å²) in [7, 11) is 5.72. The van der Waals surface area contributed by atoms with Crippen molar-refractivity contribution in [1.29, 1.82) is 0 Å². The van der Waals surface area contributed by atoms with Crippen LogP contribution in [0.25, 0.3) is 10.9 Å². The van der Waals surface area contributed by atoms with Crippen molar-refractivity contribution in [2.45, 2.75) is 30.8 Å². The van der Waals surface area contributed by atoms with E-state index in [0.29, 0.717) is 18.2 Å². The maximum atomic E-state index is 12.7. The molecule has 1 aliphatic rings. The summed E-state index contributed by atoms with van der Waals surface area (Å²) in [6.45, 7) is 0.721. The van der Waals surface area contributed by atoms with Crippen molar-refractivity contribution in [2.24, 2.45) is 5.92 Å². The second-order valence-electron chi connectivity index (χ2n) is 10.2. The summed E-state index contributed by atoms with van der Waals surface area (Å²) < 4.78 is 5.87. The average molecular weight is 491 g/mol. The van der Waals surface area contributed by atoms with Gasteiger partial charge in [0.2, 0.25) is 5.88 Å². The molecule has 4 nitrogen and oxygen atoms in total. The number of aromatic nitrogens is 1. The van der Waals surface area contributed by atoms with Gasteiger partial charge >= 0.3 is 0 Å². The Morgan fingerprint density at radius 1 is 1.00 bits per heavy atom. The van der Waals surface area contributed by atoms with Crippen molar-refractivity contribution in [3.05, 3.63) is 107 Å². The lowest BCUT2D eigenvalue weighted by Crippen LogP contribution is -2.37. The molecule has 0 spiro atoms. The lowest BCUT2D eigenvalue weighted by Gasteiger charge is -2.39. The van der Waals surface area contributed by atoms with Crippen LogP contribution in [0.4, 0.5) is 0 Å². The lowest BCUT2D eigenvalue weighted by molar-refractivity contribution is 0.00380. The molecule has 188 valence electrons. The molecule has 1 heterocycles. The van der Waals surface area contributed by atoms with E-state index < -0.39 is 11.5 Å². The van der Waals surface area contributed by atoms with Gasteiger partial charge in [0.05, 0.1) is 12.6 Å². The zero-order chi connectivity index (χ0) is 25.8. The number of rotatable bonds is 8. The van der Waals surface area contributed by atoms with Gasteiger partial charge in [0, 0.05) is 34.9 Å². The molecule has 3 aromatic carbocycles. The monoisotopic (exact) mass is 490 g/mol. The Bertz CT molecular complexity index is 1420. The molecule has 1 fully saturated rings. The molecule has 0 bridgehead atoms. The van der Waals surface area contributed by atoms with Gasteiger partial charge in [-0.25, -0.2) is 4.98 Å². The minimum absolute atomic E-state index is 0.399. The van der Waals surface area contributed by atoms with E-state index in [9.17, 15) is 5.11 Å². The van der Waals surface area contributed by atoms with E-state index in [1.807, 2.05) is 74.8 Å². The second kappa shape index (κ2) is 10.8. The predicted molar refractivity (Wildman–Crippen MR) is 150 cm³/mol. The standard InChI is InChI=1S/C33H34N2O2/c1-35(2)21-20-33(36,28-12-8-5-9-13-28)31(26-10-6-4-7-11-26)29-23-27-22-25(17-16-24-14-15-24)18-19-30(27)34-32(29)37-3/h4-13,18-19,22-24,31,36H,14-15,20-21H2,1-3H3/t31-,33-/m1/s1. The number of pyridine rings is 1. The number of ether oxygens (including phenoxy) is 1. The van der Waals surface area contributed by atoms with Gasteiger partial charge in [0.25, 0.3) is 0 Å². The minimum Gasteiger partial charge on any atom is -0.481 e. The molecule has 0 unspecified atom stereocenters. The molecule has 0 radical (unpaired) electrons. The first-order valence-electron chi connectivity index (χ1n) is 13.0. The van der Waals surface area contributed by atoms with Crippen LogP contribution in [0.15, 0.2) is 84.9 Å². The number of fused-ring (bicyclic) bond motifs is 1. The zero-order valence-electron chi connectivity index (χ0n) is 21.8. The largest absolute Gasteiger partial charge is 0.481 e. The molecule has 0 saturated heterocycles. The van der Waals surface area contributed by atoms with Gasteiger partial charge in [0.15, 0.2) is 0 Å². The van der Waals surface area contributed by atoms with Crippen LogP contribution in [0.2, 0.25) is 0 Å². The van der Waals surface area contributed by atoms with Crippen molar-refractivity contribution in [1.82, 2.24) is 9.88 Å². The molecule has 4 aromatic rings. The lowest BCUT2D eigenvalue weighted by atomic mass is 9.71. The molecule has 37 heavy (non-hydrogen) atoms. The molecular formula is C33H34N2O2. The van der Waals surface area contributed by atoms with E-state index >= 15 is 0 Å². The molecule has 5 rings (SSSR count). The minimum atomic E-state index is -1.20. The number of nitrogens with zero attached hydrogens (tertiary/aromatic N) is 2. The van der Waals surface area contributed by atoms with E-state index in [1.54, 1.807) is 7.11 Å². The van der Waals surface area contributed by atoms with Crippen LogP contribution < -0.4 is 4.74 Å². The highest BCUT2D eigenvalue weighted by Crippen LogP contribution is 2.47. The Balaban J connectivity index is 1.72. The molecule has 0 aliphatic heterocycles. The first-order chi connectivity index (χ1) is 18.0. The maximum Gasteiger partial charge on any atom is 0.217 e. The summed E-state index contributed by atoms with van der Waals surface area (Å²) >= 11 is 0. The third kappa shape index (κ3) is 5.54. The van der Waals surface area contributed by atoms with Gasteiger partial charge in [0.1, 0.15) is 5.60 Å². The summed E-state index contributed by atoms with van der Waals surface area (Å²) in [6, 6.07) is 28.4. The zero-order valence-corrected chi connectivity index (χ0v) is 21.8. The van der Waals surface area contributed by atoms with Crippen molar-refractivity contribution in [2.75, 3.05) is 27.7 Å². The summed E-state index contributed by atoms with van der Waals surface area (Å²) in [5, 5.41) is 13.7. The molecule has 1 aliphatic carbocycles. The van der Waals surface area contributed by atoms with Crippen molar-refractivity contribution < 1.29 is 9.84 Å². The van der Waals surface area contributed by atoms with Gasteiger partial charge in [-0.3, -0.25) is 0 Å². The van der Waals surface area contributed by atoms with E-state index in [2.05, 4.69) is 41.0 Å². The Morgan fingerprint density at radius 2 is 1.70 bits per heavy atom. The number of hydrogen-bond donors (Lipinski definition) is 1. The van der Waals surface area contributed by atoms with Crippen LogP contribution in [0.1, 0.15) is 47.4 Å². The van der Waals surface area contributed by atoms with Crippen molar-refractivity contribution >= 4 is 10.9 Å². The Kier molecular flexibility index (Phi) is 7.28. The molecule has 1 aromatic heterocycles. The second-order valence-corrected chi connectivity index (χ2v) is 10.2. The molecule has 2 atom stereocenters. The van der Waals surface area contributed by atoms with Gasteiger partial charge in [-0.1, -0.05) is 72.5 Å². The molecule has 1 saturated carbocycles. The van der Waals surface area contributed by atoms with E-state index in [-0.39, 0.29) is 0 Å². The molecule has 1 N–H and O–H groups in total. The fourth-order valence-corrected chi connectivity index (χ4v) is 4.97. The predicted octanol–water partition coefficient (Wildman–Crippen LogP) is 5.98. The van der Waals surface area contributed by atoms with Gasteiger partial charge in [-0.05, 0) is 68.8 Å². The van der Waals surface area contributed by atoms with E-state index in [0.717, 1.165) is 39.7 Å². The number of hydrogen-bond acceptors (Lipinski definition) is 4. The SMILES string of the molecule is COc1nc2ccc(C#CC3CC3)cc2cc1[C@@H](c1ccccc1)[C@@](O)(CCN(C)C)c1ccccc1. The third-order valence-electron chi connectivity index (χ3n) is 7.13. The van der Waals surface area contributed by atoms with Crippen molar-refractivity contribution in [3.8, 4) is 17.7 Å². The summed E-state index contributed by atoms with van der Waals surface area (Å²) in [5.41, 5.74) is 3.38. The highest BCUT2D eigenvalue weighted by Gasteiger charge is 2.42. The fourth-order valence-electron chi connectivity index (χ4n) is 4.97. The van der Waals surface area contributed by atoms with Gasteiger partial charge in [-0.15, -0.1) is 0 Å². The van der Waals surface area contributed by atoms with E-state index in [1.165, 1.54) is 12.8 Å². The Hall–Kier alpha value is -3.65. The van der Waals surface area contributed by atoms with E-state index in [4.69, 9.17) is 9.72 Å². The molecular weight excluding hydrogens is 456 g/mol. The normalized spacial score (nSPS) is 15.6. The smallest absolute Gasteiger partial charge is 0.217 e. The van der Waals surface area contributed by atoms with Crippen LogP contribution in [-0.4, -0.2) is 42.7 Å². The third-order valence-corrected chi connectivity index (χ3v) is 7.13. The van der Waals surface area contributed by atoms with Crippen molar-refractivity contribution in [3.63, 3.8) is 0 Å². The molecule has 0 amide bonds. The maximum absolute atomic E-state index is 12.7. The highest BCUT2D eigenvalue weighted by atomic mass is 16.5. The number of benzene rings is 3. The number of methoxy groups -OCH3 is 1.